The molecule has 0 bridgehead atoms. The van der Waals surface area contributed by atoms with E-state index >= 15 is 0 Å². The topological polar surface area (TPSA) is 46.8 Å². The van der Waals surface area contributed by atoms with Gasteiger partial charge in [-0.2, -0.15) is 0 Å². The van der Waals surface area contributed by atoms with E-state index < -0.39 is 0 Å². The molecule has 96 valence electrons. The van der Waals surface area contributed by atoms with E-state index in [-0.39, 0.29) is 5.91 Å². The van der Waals surface area contributed by atoms with E-state index in [0.29, 0.717) is 12.8 Å². The second-order valence-electron chi connectivity index (χ2n) is 4.15. The molecule has 0 aromatic carbocycles. The quantitative estimate of drug-likeness (QED) is 0.771. The molecule has 0 saturated heterocycles. The first kappa shape index (κ1) is 12.6. The summed E-state index contributed by atoms with van der Waals surface area (Å²) < 4.78 is 2.02. The number of fused-ring (bicyclic) bond motifs is 1. The minimum atomic E-state index is -0.0391. The highest BCUT2D eigenvalue weighted by Crippen LogP contribution is 2.13. The molecule has 0 aliphatic heterocycles. The normalized spacial score (nSPS) is 10.8. The molecule has 2 rings (SSSR count). The third kappa shape index (κ3) is 2.36. The zero-order valence-corrected chi connectivity index (χ0v) is 10.9. The van der Waals surface area contributed by atoms with E-state index in [4.69, 9.17) is 4.84 Å². The van der Waals surface area contributed by atoms with Crippen LogP contribution in [0.25, 0.3) is 5.65 Å². The number of pyridine rings is 1. The van der Waals surface area contributed by atoms with Gasteiger partial charge in [0.2, 0.25) is 5.91 Å². The molecule has 18 heavy (non-hydrogen) atoms. The fourth-order valence-corrected chi connectivity index (χ4v) is 1.95. The molecule has 0 aliphatic rings. The Morgan fingerprint density at radius 3 is 3.00 bits per heavy atom. The van der Waals surface area contributed by atoms with Crippen molar-refractivity contribution in [1.82, 2.24) is 14.4 Å². The van der Waals surface area contributed by atoms with Gasteiger partial charge in [0.1, 0.15) is 5.65 Å². The van der Waals surface area contributed by atoms with Crippen LogP contribution < -0.4 is 0 Å². The Balaban J connectivity index is 2.17. The molecular weight excluding hydrogens is 230 g/mol. The minimum Gasteiger partial charge on any atom is -0.304 e. The van der Waals surface area contributed by atoms with Gasteiger partial charge < -0.3 is 4.40 Å². The van der Waals surface area contributed by atoms with Crippen LogP contribution in [0.1, 0.15) is 17.8 Å². The van der Waals surface area contributed by atoms with Crippen molar-refractivity contribution in [1.29, 1.82) is 0 Å². The molecule has 5 nitrogen and oxygen atoms in total. The molecule has 0 aliphatic carbocycles. The molecule has 0 atom stereocenters. The summed E-state index contributed by atoms with van der Waals surface area (Å²) in [5.74, 6) is -0.0391. The maximum Gasteiger partial charge on any atom is 0.246 e. The van der Waals surface area contributed by atoms with Crippen molar-refractivity contribution in [3.05, 3.63) is 35.8 Å². The number of rotatable bonds is 4. The predicted molar refractivity (Wildman–Crippen MR) is 68.0 cm³/mol. The van der Waals surface area contributed by atoms with E-state index in [9.17, 15) is 4.79 Å². The number of carbonyl (C=O) groups excluding carboxylic acids is 1. The Bertz CT molecular complexity index is 562. The average Bonchev–Trinajstić information content (AvgIpc) is 2.70. The lowest BCUT2D eigenvalue weighted by Gasteiger charge is -2.13. The largest absolute Gasteiger partial charge is 0.304 e. The molecule has 0 N–H and O–H groups in total. The number of aromatic nitrogens is 2. The summed E-state index contributed by atoms with van der Waals surface area (Å²) in [6, 6.07) is 5.87. The van der Waals surface area contributed by atoms with Gasteiger partial charge in [-0.1, -0.05) is 6.07 Å². The summed E-state index contributed by atoms with van der Waals surface area (Å²) in [6.45, 7) is 1.97. The van der Waals surface area contributed by atoms with Gasteiger partial charge in [-0.3, -0.25) is 9.63 Å². The van der Waals surface area contributed by atoms with Crippen LogP contribution in [0.4, 0.5) is 0 Å². The van der Waals surface area contributed by atoms with Crippen LogP contribution in [0.2, 0.25) is 0 Å². The smallest absolute Gasteiger partial charge is 0.246 e. The van der Waals surface area contributed by atoms with Gasteiger partial charge in [-0.05, 0) is 25.5 Å². The maximum atomic E-state index is 11.7. The van der Waals surface area contributed by atoms with Crippen molar-refractivity contribution in [2.24, 2.45) is 0 Å². The monoisotopic (exact) mass is 247 g/mol. The van der Waals surface area contributed by atoms with Crippen molar-refractivity contribution in [3.8, 4) is 0 Å². The second-order valence-corrected chi connectivity index (χ2v) is 4.15. The third-order valence-electron chi connectivity index (χ3n) is 3.03. The summed E-state index contributed by atoms with van der Waals surface area (Å²) in [5.41, 5.74) is 2.95. The van der Waals surface area contributed by atoms with E-state index in [1.165, 1.54) is 12.2 Å². The van der Waals surface area contributed by atoms with E-state index in [1.54, 1.807) is 7.05 Å². The van der Waals surface area contributed by atoms with Crippen LogP contribution in [0, 0.1) is 6.92 Å². The number of hydrogen-bond donors (Lipinski definition) is 0. The summed E-state index contributed by atoms with van der Waals surface area (Å²) in [6.07, 6.45) is 3.03. The Morgan fingerprint density at radius 2 is 2.28 bits per heavy atom. The average molecular weight is 247 g/mol. The van der Waals surface area contributed by atoms with E-state index in [2.05, 4.69) is 4.98 Å². The maximum absolute atomic E-state index is 11.7. The Morgan fingerprint density at radius 1 is 1.50 bits per heavy atom. The highest BCUT2D eigenvalue weighted by molar-refractivity contribution is 5.75. The number of amides is 1. The Labute approximate surface area is 106 Å². The Kier molecular flexibility index (Phi) is 3.62. The van der Waals surface area contributed by atoms with Crippen LogP contribution in [-0.2, 0) is 16.1 Å². The second kappa shape index (κ2) is 5.18. The molecule has 0 fully saturated rings. The van der Waals surface area contributed by atoms with Gasteiger partial charge >= 0.3 is 0 Å². The number of imidazole rings is 1. The summed E-state index contributed by atoms with van der Waals surface area (Å²) in [7, 11) is 3.10. The first-order valence-electron chi connectivity index (χ1n) is 5.86. The molecule has 2 aromatic rings. The number of nitrogens with zero attached hydrogens (tertiary/aromatic N) is 3. The van der Waals surface area contributed by atoms with Gasteiger partial charge in [0.25, 0.3) is 0 Å². The lowest BCUT2D eigenvalue weighted by atomic mass is 10.2. The first-order chi connectivity index (χ1) is 8.63. The SMILES string of the molecule is CON(C)C(=O)CCc1c(C)nc2ccccn12. The Hall–Kier alpha value is -1.88. The number of aryl methyl sites for hydroxylation is 2. The molecule has 0 saturated carbocycles. The van der Waals surface area contributed by atoms with Gasteiger partial charge in [0, 0.05) is 25.4 Å². The van der Waals surface area contributed by atoms with Crippen LogP contribution >= 0.6 is 0 Å². The molecule has 0 spiro atoms. The van der Waals surface area contributed by atoms with Crippen molar-refractivity contribution in [2.75, 3.05) is 14.2 Å². The van der Waals surface area contributed by atoms with Gasteiger partial charge in [0.15, 0.2) is 0 Å². The molecule has 2 aromatic heterocycles. The highest BCUT2D eigenvalue weighted by atomic mass is 16.7. The van der Waals surface area contributed by atoms with E-state index in [0.717, 1.165) is 17.0 Å². The van der Waals surface area contributed by atoms with Gasteiger partial charge in [0.05, 0.1) is 12.8 Å². The molecule has 2 heterocycles. The van der Waals surface area contributed by atoms with Crippen LogP contribution in [0.5, 0.6) is 0 Å². The zero-order chi connectivity index (χ0) is 13.1. The summed E-state index contributed by atoms with van der Waals surface area (Å²) in [5, 5.41) is 1.25. The van der Waals surface area contributed by atoms with E-state index in [1.807, 2.05) is 35.7 Å². The molecule has 0 unspecified atom stereocenters. The van der Waals surface area contributed by atoms with Gasteiger partial charge in [-0.15, -0.1) is 0 Å². The molecule has 1 amide bonds. The number of hydroxylamine groups is 2. The standard InChI is InChI=1S/C13H17N3O2/c1-10-11(7-8-13(17)15(2)18-3)16-9-5-4-6-12(16)14-10/h4-6,9H,7-8H2,1-3H3. The van der Waals surface area contributed by atoms with Crippen molar-refractivity contribution < 1.29 is 9.63 Å². The first-order valence-corrected chi connectivity index (χ1v) is 5.86. The predicted octanol–water partition coefficient (Wildman–Crippen LogP) is 1.60. The fourth-order valence-electron chi connectivity index (χ4n) is 1.95. The van der Waals surface area contributed by atoms with Gasteiger partial charge in [-0.25, -0.2) is 10.0 Å². The summed E-state index contributed by atoms with van der Waals surface area (Å²) in [4.78, 5) is 21.0. The lowest BCUT2D eigenvalue weighted by molar-refractivity contribution is -0.168. The third-order valence-corrected chi connectivity index (χ3v) is 3.03. The molecular formula is C13H17N3O2. The highest BCUT2D eigenvalue weighted by Gasteiger charge is 2.12. The zero-order valence-electron chi connectivity index (χ0n) is 10.9. The van der Waals surface area contributed by atoms with Crippen LogP contribution in [0.3, 0.4) is 0 Å². The van der Waals surface area contributed by atoms with Crippen molar-refractivity contribution in [3.63, 3.8) is 0 Å². The van der Waals surface area contributed by atoms with Crippen molar-refractivity contribution in [2.45, 2.75) is 19.8 Å². The lowest BCUT2D eigenvalue weighted by Crippen LogP contribution is -2.25. The minimum absolute atomic E-state index is 0.0391. The molecule has 0 radical (unpaired) electrons. The van der Waals surface area contributed by atoms with Crippen LogP contribution in [-0.4, -0.2) is 34.5 Å². The number of carbonyl (C=O) groups is 1. The molecule has 5 heteroatoms. The number of hydrogen-bond acceptors (Lipinski definition) is 3. The summed E-state index contributed by atoms with van der Waals surface area (Å²) >= 11 is 0. The fraction of sp³-hybridized carbons (Fsp3) is 0.385. The van der Waals surface area contributed by atoms with Crippen molar-refractivity contribution >= 4 is 11.6 Å². The van der Waals surface area contributed by atoms with Crippen LogP contribution in [0.15, 0.2) is 24.4 Å².